The lowest BCUT2D eigenvalue weighted by Gasteiger charge is -2.31. The molecule has 4 rings (SSSR count). The molecule has 3 heterocycles. The zero-order valence-electron chi connectivity index (χ0n) is 18.4. The fourth-order valence-corrected chi connectivity index (χ4v) is 4.06. The van der Waals surface area contributed by atoms with E-state index in [0.29, 0.717) is 5.92 Å². The summed E-state index contributed by atoms with van der Waals surface area (Å²) in [6, 6.07) is 14.6. The maximum absolute atomic E-state index is 6.15. The summed E-state index contributed by atoms with van der Waals surface area (Å²) in [5, 5.41) is 15.3. The van der Waals surface area contributed by atoms with Gasteiger partial charge in [-0.05, 0) is 44.4 Å². The van der Waals surface area contributed by atoms with E-state index >= 15 is 0 Å². The molecule has 0 bridgehead atoms. The minimum atomic E-state index is 0.114. The second kappa shape index (κ2) is 10.4. The van der Waals surface area contributed by atoms with Gasteiger partial charge >= 0.3 is 0 Å². The predicted molar refractivity (Wildman–Crippen MR) is 123 cm³/mol. The summed E-state index contributed by atoms with van der Waals surface area (Å²) < 4.78 is 8.18. The third kappa shape index (κ3) is 5.41. The third-order valence-electron chi connectivity index (χ3n) is 5.70. The first-order valence-corrected chi connectivity index (χ1v) is 11.2. The van der Waals surface area contributed by atoms with E-state index in [-0.39, 0.29) is 6.10 Å². The van der Waals surface area contributed by atoms with Crippen molar-refractivity contribution in [2.75, 3.05) is 26.2 Å². The highest BCUT2D eigenvalue weighted by atomic mass is 16.5. The van der Waals surface area contributed by atoms with Crippen LogP contribution in [0, 0.1) is 12.8 Å². The molecule has 1 aliphatic heterocycles. The average molecular weight is 421 g/mol. The number of aliphatic imine (C=N–C) groups is 1. The number of pyridine rings is 1. The van der Waals surface area contributed by atoms with E-state index in [0.717, 1.165) is 62.9 Å². The fourth-order valence-electron chi connectivity index (χ4n) is 4.06. The van der Waals surface area contributed by atoms with Crippen molar-refractivity contribution in [2.24, 2.45) is 10.9 Å². The molecule has 31 heavy (non-hydrogen) atoms. The molecule has 0 aliphatic carbocycles. The molecule has 2 aromatic heterocycles. The number of hydrogen-bond donors (Lipinski definition) is 2. The van der Waals surface area contributed by atoms with Gasteiger partial charge in [0, 0.05) is 44.8 Å². The smallest absolute Gasteiger partial charge is 0.191 e. The molecule has 0 spiro atoms. The molecule has 3 aromatic rings. The standard InChI is InChI=1S/C24H32N6O/c1-3-25-24(26-14-13-22-29-28-21-8-4-5-15-30(21)22)27-17-20-7-6-16-31-23(20)19-11-9-18(2)10-12-19/h4-5,8-12,15,20,23H,3,6-7,13-14,16-17H2,1-2H3,(H2,25,26,27). The van der Waals surface area contributed by atoms with Crippen molar-refractivity contribution in [1.82, 2.24) is 25.2 Å². The minimum Gasteiger partial charge on any atom is -0.373 e. The van der Waals surface area contributed by atoms with Gasteiger partial charge in [-0.15, -0.1) is 10.2 Å². The molecule has 1 saturated heterocycles. The zero-order chi connectivity index (χ0) is 21.5. The van der Waals surface area contributed by atoms with Gasteiger partial charge in [-0.3, -0.25) is 9.39 Å². The number of rotatable bonds is 7. The van der Waals surface area contributed by atoms with E-state index in [1.807, 2.05) is 28.8 Å². The second-order valence-corrected chi connectivity index (χ2v) is 8.05. The highest BCUT2D eigenvalue weighted by Crippen LogP contribution is 2.33. The molecule has 2 N–H and O–H groups in total. The molecule has 0 amide bonds. The molecule has 2 unspecified atom stereocenters. The summed E-state index contributed by atoms with van der Waals surface area (Å²) in [4.78, 5) is 4.88. The van der Waals surface area contributed by atoms with E-state index in [9.17, 15) is 0 Å². The summed E-state index contributed by atoms with van der Waals surface area (Å²) >= 11 is 0. The number of hydrogen-bond acceptors (Lipinski definition) is 4. The molecule has 1 fully saturated rings. The summed E-state index contributed by atoms with van der Waals surface area (Å²) in [5.41, 5.74) is 3.40. The van der Waals surface area contributed by atoms with E-state index in [1.165, 1.54) is 11.1 Å². The molecule has 164 valence electrons. The number of aryl methyl sites for hydroxylation is 1. The van der Waals surface area contributed by atoms with Crippen LogP contribution in [0.15, 0.2) is 53.7 Å². The molecule has 1 aromatic carbocycles. The largest absolute Gasteiger partial charge is 0.373 e. The predicted octanol–water partition coefficient (Wildman–Crippen LogP) is 3.30. The van der Waals surface area contributed by atoms with Crippen molar-refractivity contribution in [3.05, 3.63) is 65.6 Å². The van der Waals surface area contributed by atoms with E-state index in [2.05, 4.69) is 58.9 Å². The lowest BCUT2D eigenvalue weighted by Crippen LogP contribution is -2.39. The van der Waals surface area contributed by atoms with Crippen molar-refractivity contribution in [1.29, 1.82) is 0 Å². The van der Waals surface area contributed by atoms with Gasteiger partial charge in [-0.2, -0.15) is 0 Å². The Hall–Kier alpha value is -2.93. The van der Waals surface area contributed by atoms with Crippen molar-refractivity contribution in [2.45, 2.75) is 39.2 Å². The van der Waals surface area contributed by atoms with Gasteiger partial charge in [-0.1, -0.05) is 35.9 Å². The van der Waals surface area contributed by atoms with Crippen molar-refractivity contribution in [3.63, 3.8) is 0 Å². The van der Waals surface area contributed by atoms with Crippen LogP contribution < -0.4 is 10.6 Å². The van der Waals surface area contributed by atoms with Crippen LogP contribution in [-0.2, 0) is 11.2 Å². The van der Waals surface area contributed by atoms with Crippen molar-refractivity contribution in [3.8, 4) is 0 Å². The Balaban J connectivity index is 1.37. The number of nitrogens with one attached hydrogen (secondary N) is 2. The molecule has 1 aliphatic rings. The molecular formula is C24H32N6O. The topological polar surface area (TPSA) is 75.8 Å². The monoisotopic (exact) mass is 420 g/mol. The van der Waals surface area contributed by atoms with Crippen LogP contribution in [0.1, 0.15) is 42.8 Å². The van der Waals surface area contributed by atoms with Gasteiger partial charge in [-0.25, -0.2) is 0 Å². The van der Waals surface area contributed by atoms with E-state index in [1.54, 1.807) is 0 Å². The molecule has 7 heteroatoms. The lowest BCUT2D eigenvalue weighted by atomic mass is 9.89. The summed E-state index contributed by atoms with van der Waals surface area (Å²) in [6.07, 6.45) is 5.11. The highest BCUT2D eigenvalue weighted by Gasteiger charge is 2.27. The third-order valence-corrected chi connectivity index (χ3v) is 5.70. The van der Waals surface area contributed by atoms with Gasteiger partial charge in [0.1, 0.15) is 5.82 Å². The first-order chi connectivity index (χ1) is 15.2. The quantitative estimate of drug-likeness (QED) is 0.453. The van der Waals surface area contributed by atoms with Crippen LogP contribution in [0.25, 0.3) is 5.65 Å². The zero-order valence-corrected chi connectivity index (χ0v) is 18.4. The summed E-state index contributed by atoms with van der Waals surface area (Å²) in [7, 11) is 0. The molecule has 2 atom stereocenters. The number of fused-ring (bicyclic) bond motifs is 1. The lowest BCUT2D eigenvalue weighted by molar-refractivity contribution is -0.0250. The summed E-state index contributed by atoms with van der Waals surface area (Å²) in [5.74, 6) is 2.16. The van der Waals surface area contributed by atoms with E-state index < -0.39 is 0 Å². The van der Waals surface area contributed by atoms with Crippen LogP contribution in [-0.4, -0.2) is 46.8 Å². The van der Waals surface area contributed by atoms with Crippen LogP contribution in [0.4, 0.5) is 0 Å². The molecule has 0 saturated carbocycles. The normalized spacial score (nSPS) is 19.5. The Morgan fingerprint density at radius 1 is 1.16 bits per heavy atom. The SMILES string of the molecule is CCNC(=NCC1CCCOC1c1ccc(C)cc1)NCCc1nnc2ccccn12. The first-order valence-electron chi connectivity index (χ1n) is 11.2. The van der Waals surface area contributed by atoms with Crippen LogP contribution in [0.5, 0.6) is 0 Å². The highest BCUT2D eigenvalue weighted by molar-refractivity contribution is 5.79. The number of aromatic nitrogens is 3. The van der Waals surface area contributed by atoms with Crippen LogP contribution >= 0.6 is 0 Å². The average Bonchev–Trinajstić information content (AvgIpc) is 3.21. The molecule has 7 nitrogen and oxygen atoms in total. The van der Waals surface area contributed by atoms with Gasteiger partial charge in [0.05, 0.1) is 6.10 Å². The number of ether oxygens (including phenoxy) is 1. The Morgan fingerprint density at radius 3 is 2.87 bits per heavy atom. The minimum absolute atomic E-state index is 0.114. The Kier molecular flexibility index (Phi) is 7.14. The number of guanidine groups is 1. The maximum Gasteiger partial charge on any atom is 0.191 e. The van der Waals surface area contributed by atoms with Crippen LogP contribution in [0.2, 0.25) is 0 Å². The number of benzene rings is 1. The van der Waals surface area contributed by atoms with Crippen molar-refractivity contribution >= 4 is 11.6 Å². The molecule has 0 radical (unpaired) electrons. The molecular weight excluding hydrogens is 388 g/mol. The van der Waals surface area contributed by atoms with Crippen molar-refractivity contribution < 1.29 is 4.74 Å². The number of nitrogens with zero attached hydrogens (tertiary/aromatic N) is 4. The van der Waals surface area contributed by atoms with Gasteiger partial charge in [0.15, 0.2) is 11.6 Å². The summed E-state index contributed by atoms with van der Waals surface area (Å²) in [6.45, 7) is 7.32. The second-order valence-electron chi connectivity index (χ2n) is 8.05. The fraction of sp³-hybridized carbons (Fsp3) is 0.458. The maximum atomic E-state index is 6.15. The van der Waals surface area contributed by atoms with Gasteiger partial charge in [0.25, 0.3) is 0 Å². The van der Waals surface area contributed by atoms with E-state index in [4.69, 9.17) is 9.73 Å². The van der Waals surface area contributed by atoms with Crippen LogP contribution in [0.3, 0.4) is 0 Å². The van der Waals surface area contributed by atoms with Gasteiger partial charge in [0.2, 0.25) is 0 Å². The Labute approximate surface area is 183 Å². The Morgan fingerprint density at radius 2 is 2.03 bits per heavy atom. The van der Waals surface area contributed by atoms with Gasteiger partial charge < -0.3 is 15.4 Å². The Bertz CT molecular complexity index is 997. The first kappa shape index (κ1) is 21.3.